The summed E-state index contributed by atoms with van der Waals surface area (Å²) in [4.78, 5) is 15.8. The number of aliphatic hydroxyl groups is 1. The fraction of sp³-hybridized carbons (Fsp3) is 0.0750. The Morgan fingerprint density at radius 1 is 0.560 bits per heavy atom. The van der Waals surface area contributed by atoms with Crippen LogP contribution in [-0.4, -0.2) is 15.6 Å². The van der Waals surface area contributed by atoms with Gasteiger partial charge in [0.1, 0.15) is 0 Å². The first-order valence-electron chi connectivity index (χ1n) is 15.5. The van der Waals surface area contributed by atoms with Crippen molar-refractivity contribution in [2.24, 2.45) is 0 Å². The van der Waals surface area contributed by atoms with Gasteiger partial charge in [-0.1, -0.05) is 97.1 Å². The van der Waals surface area contributed by atoms with Gasteiger partial charge in [0.15, 0.2) is 6.23 Å². The molecule has 2 heterocycles. The predicted octanol–water partition coefficient (Wildman–Crippen LogP) is 10.8. The predicted molar refractivity (Wildman–Crippen MR) is 180 cm³/mol. The van der Waals surface area contributed by atoms with Crippen molar-refractivity contribution < 1.29 is 36.2 Å². The number of anilines is 1. The van der Waals surface area contributed by atoms with Crippen LogP contribution in [0.1, 0.15) is 33.3 Å². The molecule has 0 spiro atoms. The lowest BCUT2D eigenvalue weighted by molar-refractivity contribution is -0.142. The quantitative estimate of drug-likeness (QED) is 0.188. The average molecular weight is 679 g/mol. The van der Waals surface area contributed by atoms with E-state index in [0.717, 1.165) is 22.6 Å². The van der Waals surface area contributed by atoms with Crippen molar-refractivity contribution in [3.8, 4) is 27.9 Å². The molecule has 0 aliphatic carbocycles. The summed E-state index contributed by atoms with van der Waals surface area (Å²) in [7, 11) is 0. The smallest absolute Gasteiger partial charge is 0.369 e. The van der Waals surface area contributed by atoms with Crippen molar-refractivity contribution in [3.05, 3.63) is 156 Å². The van der Waals surface area contributed by atoms with Crippen LogP contribution in [0.5, 0.6) is 0 Å². The van der Waals surface area contributed by atoms with Gasteiger partial charge in [-0.3, -0.25) is 9.69 Å². The van der Waals surface area contributed by atoms with Crippen molar-refractivity contribution in [2.75, 3.05) is 4.90 Å². The number of alkyl halides is 6. The van der Waals surface area contributed by atoms with Gasteiger partial charge >= 0.3 is 12.4 Å². The van der Waals surface area contributed by atoms with Gasteiger partial charge in [0.2, 0.25) is 0 Å². The normalized spacial score (nSPS) is 14.9. The van der Waals surface area contributed by atoms with Gasteiger partial charge < -0.3 is 9.67 Å². The molecule has 1 aliphatic rings. The minimum atomic E-state index is -5.07. The molecule has 0 saturated heterocycles. The molecule has 0 bridgehead atoms. The number of nitrogens with zero attached hydrogens (tertiary/aromatic N) is 2. The molecule has 1 N–H and O–H groups in total. The second kappa shape index (κ2) is 11.3. The number of halogens is 6. The van der Waals surface area contributed by atoms with E-state index >= 15 is 0 Å². The largest absolute Gasteiger partial charge is 0.417 e. The molecule has 1 unspecified atom stereocenters. The number of amides is 1. The Morgan fingerprint density at radius 2 is 1.24 bits per heavy atom. The molecule has 0 fully saturated rings. The summed E-state index contributed by atoms with van der Waals surface area (Å²) in [6.07, 6.45) is -11.4. The van der Waals surface area contributed by atoms with E-state index < -0.39 is 41.2 Å². The van der Waals surface area contributed by atoms with Crippen LogP contribution in [-0.2, 0) is 12.4 Å². The third-order valence-corrected chi connectivity index (χ3v) is 9.16. The molecular formula is C40H24F6N2O2. The molecule has 0 radical (unpaired) electrons. The topological polar surface area (TPSA) is 45.5 Å². The van der Waals surface area contributed by atoms with E-state index in [2.05, 4.69) is 0 Å². The van der Waals surface area contributed by atoms with Crippen LogP contribution in [0.2, 0.25) is 0 Å². The van der Waals surface area contributed by atoms with Gasteiger partial charge in [-0.05, 0) is 53.1 Å². The summed E-state index contributed by atoms with van der Waals surface area (Å²) < 4.78 is 84.8. The number of aliphatic hydroxyl groups excluding tert-OH is 1. The van der Waals surface area contributed by atoms with Crippen molar-refractivity contribution in [1.29, 1.82) is 0 Å². The van der Waals surface area contributed by atoms with E-state index in [9.17, 15) is 36.2 Å². The zero-order valence-electron chi connectivity index (χ0n) is 25.8. The fourth-order valence-electron chi connectivity index (χ4n) is 6.95. The van der Waals surface area contributed by atoms with E-state index in [0.29, 0.717) is 39.4 Å². The highest BCUT2D eigenvalue weighted by Crippen LogP contribution is 2.46. The summed E-state index contributed by atoms with van der Waals surface area (Å²) in [5.74, 6) is -0.476. The van der Waals surface area contributed by atoms with Crippen molar-refractivity contribution in [3.63, 3.8) is 0 Å². The molecule has 7 aromatic rings. The van der Waals surface area contributed by atoms with Crippen LogP contribution in [0.4, 0.5) is 32.0 Å². The minimum absolute atomic E-state index is 0.0416. The number of benzene rings is 6. The Morgan fingerprint density at radius 3 is 2.00 bits per heavy atom. The first kappa shape index (κ1) is 31.4. The van der Waals surface area contributed by atoms with E-state index in [1.165, 1.54) is 17.0 Å². The number of fused-ring (bicyclic) bond motifs is 4. The number of carbonyl (C=O) groups excluding carboxylic acids is 1. The average Bonchev–Trinajstić information content (AvgIpc) is 3.57. The Balaban J connectivity index is 1.34. The molecular weight excluding hydrogens is 654 g/mol. The maximum absolute atomic E-state index is 14.5. The van der Waals surface area contributed by atoms with Crippen LogP contribution in [0.3, 0.4) is 0 Å². The molecule has 10 heteroatoms. The fourth-order valence-corrected chi connectivity index (χ4v) is 6.95. The number of carbonyl (C=O) groups is 1. The Hall–Kier alpha value is -5.87. The van der Waals surface area contributed by atoms with Crippen LogP contribution in [0, 0.1) is 0 Å². The highest BCUT2D eigenvalue weighted by molar-refractivity contribution is 6.16. The third-order valence-electron chi connectivity index (χ3n) is 9.16. The molecule has 248 valence electrons. The number of hydrogen-bond donors (Lipinski definition) is 1. The molecule has 6 aromatic carbocycles. The zero-order chi connectivity index (χ0) is 34.9. The van der Waals surface area contributed by atoms with Gasteiger partial charge in [-0.25, -0.2) is 0 Å². The van der Waals surface area contributed by atoms with Gasteiger partial charge in [0.05, 0.1) is 39.1 Å². The Labute approximate surface area is 281 Å². The maximum atomic E-state index is 14.5. The van der Waals surface area contributed by atoms with Crippen LogP contribution in [0.25, 0.3) is 49.7 Å². The zero-order valence-corrected chi connectivity index (χ0v) is 25.8. The molecule has 1 aliphatic heterocycles. The SMILES string of the molecule is O=C1c2c(cccc2-n2c3ccccc3c3ccc(-c4ccc(C(F)(F)F)cc4C(F)(F)F)cc32)C(O)N1c1ccccc1-c1ccccc1. The maximum Gasteiger partial charge on any atom is 0.417 e. The summed E-state index contributed by atoms with van der Waals surface area (Å²) in [6, 6.07) is 35.1. The van der Waals surface area contributed by atoms with Gasteiger partial charge in [0, 0.05) is 21.9 Å². The number of aromatic nitrogens is 1. The van der Waals surface area contributed by atoms with Crippen LogP contribution >= 0.6 is 0 Å². The number of hydrogen-bond acceptors (Lipinski definition) is 2. The van der Waals surface area contributed by atoms with Crippen molar-refractivity contribution >= 4 is 33.4 Å². The lowest BCUT2D eigenvalue weighted by Crippen LogP contribution is -2.28. The van der Waals surface area contributed by atoms with E-state index in [-0.39, 0.29) is 17.2 Å². The summed E-state index contributed by atoms with van der Waals surface area (Å²) in [5, 5.41) is 13.1. The first-order chi connectivity index (χ1) is 23.9. The molecule has 1 aromatic heterocycles. The number of rotatable bonds is 4. The lowest BCUT2D eigenvalue weighted by Gasteiger charge is -2.24. The van der Waals surface area contributed by atoms with E-state index in [1.54, 1.807) is 47.0 Å². The monoisotopic (exact) mass is 678 g/mol. The standard InChI is InChI=1S/C40H24F6N2O2/c41-39(42,43)25-18-20-26(31(22-25)40(44,45)46)24-17-19-29-28-12-5-7-15-33(28)47(35(29)21-24)34-16-8-13-30-36(34)38(50)48(37(30)49)32-14-6-4-11-27(32)23-9-2-1-3-10-23/h1-22,37,49H. The molecule has 4 nitrogen and oxygen atoms in total. The highest BCUT2D eigenvalue weighted by atomic mass is 19.4. The minimum Gasteiger partial charge on any atom is -0.369 e. The van der Waals surface area contributed by atoms with Gasteiger partial charge in [-0.2, -0.15) is 26.3 Å². The van der Waals surface area contributed by atoms with E-state index in [1.807, 2.05) is 60.7 Å². The number of para-hydroxylation sites is 2. The van der Waals surface area contributed by atoms with Crippen molar-refractivity contribution in [1.82, 2.24) is 4.57 Å². The van der Waals surface area contributed by atoms with Crippen LogP contribution in [0.15, 0.2) is 133 Å². The summed E-state index contributed by atoms with van der Waals surface area (Å²) in [6.45, 7) is 0. The highest BCUT2D eigenvalue weighted by Gasteiger charge is 2.41. The Bertz CT molecular complexity index is 2470. The van der Waals surface area contributed by atoms with Gasteiger partial charge in [0.25, 0.3) is 5.91 Å². The first-order valence-corrected chi connectivity index (χ1v) is 15.5. The molecule has 50 heavy (non-hydrogen) atoms. The molecule has 0 saturated carbocycles. The van der Waals surface area contributed by atoms with Crippen molar-refractivity contribution in [2.45, 2.75) is 18.6 Å². The molecule has 1 atom stereocenters. The summed E-state index contributed by atoms with van der Waals surface area (Å²) >= 11 is 0. The van der Waals surface area contributed by atoms with E-state index in [4.69, 9.17) is 0 Å². The Kier molecular flexibility index (Phi) is 7.13. The molecule has 1 amide bonds. The second-order valence-corrected chi connectivity index (χ2v) is 12.0. The second-order valence-electron chi connectivity index (χ2n) is 12.0. The molecule has 8 rings (SSSR count). The van der Waals surface area contributed by atoms with Gasteiger partial charge in [-0.15, -0.1) is 0 Å². The third kappa shape index (κ3) is 4.94. The van der Waals surface area contributed by atoms with Crippen LogP contribution < -0.4 is 4.90 Å². The lowest BCUT2D eigenvalue weighted by atomic mass is 9.96. The summed E-state index contributed by atoms with van der Waals surface area (Å²) in [5.41, 5.74) is 0.878.